The first kappa shape index (κ1) is 11.6. The lowest BCUT2D eigenvalue weighted by Crippen LogP contribution is -2.30. The van der Waals surface area contributed by atoms with Crippen molar-refractivity contribution in [3.63, 3.8) is 0 Å². The highest BCUT2D eigenvalue weighted by atomic mass is 16.2. The smallest absolute Gasteiger partial charge is 0.267 e. The zero-order chi connectivity index (χ0) is 13.4. The van der Waals surface area contributed by atoms with Crippen LogP contribution in [-0.2, 0) is 6.54 Å². The zero-order valence-corrected chi connectivity index (χ0v) is 10.0. The lowest BCUT2D eigenvalue weighted by atomic mass is 10.1. The van der Waals surface area contributed by atoms with Crippen LogP contribution in [0.4, 0.5) is 5.82 Å². The van der Waals surface area contributed by atoms with Gasteiger partial charge in [0.2, 0.25) is 0 Å². The SMILES string of the molecule is NCc1ccnc(N2C(=O)c3ccccc3C2=O)c1. The molecule has 5 heteroatoms. The normalized spacial score (nSPS) is 13.8. The predicted molar refractivity (Wildman–Crippen MR) is 69.7 cm³/mol. The largest absolute Gasteiger partial charge is 0.326 e. The third-order valence-corrected chi connectivity index (χ3v) is 3.07. The molecule has 19 heavy (non-hydrogen) atoms. The van der Waals surface area contributed by atoms with Gasteiger partial charge in [0, 0.05) is 12.7 Å². The lowest BCUT2D eigenvalue weighted by Gasteiger charge is -2.13. The van der Waals surface area contributed by atoms with Gasteiger partial charge < -0.3 is 5.73 Å². The summed E-state index contributed by atoms with van der Waals surface area (Å²) in [5, 5.41) is 0. The Labute approximate surface area is 109 Å². The highest BCUT2D eigenvalue weighted by Crippen LogP contribution is 2.27. The molecule has 0 fully saturated rings. The molecular weight excluding hydrogens is 242 g/mol. The molecule has 0 spiro atoms. The third-order valence-electron chi connectivity index (χ3n) is 3.07. The number of carbonyl (C=O) groups excluding carboxylic acids is 2. The number of fused-ring (bicyclic) bond motifs is 1. The highest BCUT2D eigenvalue weighted by Gasteiger charge is 2.36. The van der Waals surface area contributed by atoms with Crippen molar-refractivity contribution in [1.82, 2.24) is 4.98 Å². The van der Waals surface area contributed by atoms with Gasteiger partial charge in [-0.1, -0.05) is 12.1 Å². The predicted octanol–water partition coefficient (Wildman–Crippen LogP) is 1.34. The quantitative estimate of drug-likeness (QED) is 0.819. The second-order valence-electron chi connectivity index (χ2n) is 4.22. The van der Waals surface area contributed by atoms with E-state index in [0.717, 1.165) is 10.5 Å². The molecule has 2 N–H and O–H groups in total. The number of nitrogens with two attached hydrogens (primary N) is 1. The van der Waals surface area contributed by atoms with E-state index < -0.39 is 0 Å². The summed E-state index contributed by atoms with van der Waals surface area (Å²) >= 11 is 0. The van der Waals surface area contributed by atoms with Crippen LogP contribution in [0.3, 0.4) is 0 Å². The van der Waals surface area contributed by atoms with E-state index in [1.54, 1.807) is 42.6 Å². The Morgan fingerprint density at radius 3 is 2.26 bits per heavy atom. The van der Waals surface area contributed by atoms with Gasteiger partial charge in [-0.2, -0.15) is 0 Å². The Morgan fingerprint density at radius 1 is 1.05 bits per heavy atom. The van der Waals surface area contributed by atoms with Gasteiger partial charge in [0.05, 0.1) is 11.1 Å². The van der Waals surface area contributed by atoms with Gasteiger partial charge >= 0.3 is 0 Å². The second kappa shape index (κ2) is 4.29. The number of pyridine rings is 1. The molecule has 2 aromatic rings. The van der Waals surface area contributed by atoms with Crippen molar-refractivity contribution in [1.29, 1.82) is 0 Å². The summed E-state index contributed by atoms with van der Waals surface area (Å²) in [5.74, 6) is -0.376. The van der Waals surface area contributed by atoms with E-state index in [-0.39, 0.29) is 11.8 Å². The van der Waals surface area contributed by atoms with E-state index in [9.17, 15) is 9.59 Å². The molecule has 0 saturated heterocycles. The number of rotatable bonds is 2. The van der Waals surface area contributed by atoms with Crippen LogP contribution in [0.2, 0.25) is 0 Å². The monoisotopic (exact) mass is 253 g/mol. The van der Waals surface area contributed by atoms with Crippen molar-refractivity contribution >= 4 is 17.6 Å². The van der Waals surface area contributed by atoms with Crippen LogP contribution >= 0.6 is 0 Å². The van der Waals surface area contributed by atoms with Gasteiger partial charge in [-0.25, -0.2) is 9.88 Å². The topological polar surface area (TPSA) is 76.3 Å². The minimum Gasteiger partial charge on any atom is -0.326 e. The Morgan fingerprint density at radius 2 is 1.68 bits per heavy atom. The zero-order valence-electron chi connectivity index (χ0n) is 10.0. The number of hydrogen-bond acceptors (Lipinski definition) is 4. The fraction of sp³-hybridized carbons (Fsp3) is 0.0714. The number of carbonyl (C=O) groups is 2. The first-order valence-electron chi connectivity index (χ1n) is 5.85. The lowest BCUT2D eigenvalue weighted by molar-refractivity contribution is 0.0925. The van der Waals surface area contributed by atoms with Gasteiger partial charge in [0.15, 0.2) is 0 Å². The summed E-state index contributed by atoms with van der Waals surface area (Å²) < 4.78 is 0. The Balaban J connectivity index is 2.08. The van der Waals surface area contributed by atoms with E-state index in [1.807, 2.05) is 0 Å². The maximum Gasteiger partial charge on any atom is 0.267 e. The van der Waals surface area contributed by atoms with Gasteiger partial charge in [-0.3, -0.25) is 9.59 Å². The molecule has 1 aromatic carbocycles. The van der Waals surface area contributed by atoms with Crippen molar-refractivity contribution in [2.75, 3.05) is 4.90 Å². The molecule has 1 aliphatic heterocycles. The Bertz CT molecular complexity index is 647. The molecule has 0 atom stereocenters. The molecule has 1 aromatic heterocycles. The number of amides is 2. The highest BCUT2D eigenvalue weighted by molar-refractivity contribution is 6.34. The van der Waals surface area contributed by atoms with Gasteiger partial charge in [0.1, 0.15) is 5.82 Å². The summed E-state index contributed by atoms with van der Waals surface area (Å²) in [5.41, 5.74) is 7.19. The summed E-state index contributed by atoms with van der Waals surface area (Å²) in [6, 6.07) is 10.2. The van der Waals surface area contributed by atoms with Crippen LogP contribution < -0.4 is 10.6 Å². The maximum atomic E-state index is 12.2. The van der Waals surface area contributed by atoms with E-state index >= 15 is 0 Å². The number of imide groups is 1. The summed E-state index contributed by atoms with van der Waals surface area (Å²) in [7, 11) is 0. The standard InChI is InChI=1S/C14H11N3O2/c15-8-9-5-6-16-12(7-9)17-13(18)10-3-1-2-4-11(10)14(17)19/h1-7H,8,15H2. The number of aromatic nitrogens is 1. The molecule has 2 heterocycles. The van der Waals surface area contributed by atoms with Crippen molar-refractivity contribution in [2.45, 2.75) is 6.54 Å². The molecule has 0 saturated carbocycles. The third kappa shape index (κ3) is 1.71. The van der Waals surface area contributed by atoms with Crippen LogP contribution in [0.5, 0.6) is 0 Å². The van der Waals surface area contributed by atoms with Crippen LogP contribution in [-0.4, -0.2) is 16.8 Å². The van der Waals surface area contributed by atoms with Crippen molar-refractivity contribution in [3.05, 3.63) is 59.3 Å². The Hall–Kier alpha value is -2.53. The minimum atomic E-state index is -0.345. The average Bonchev–Trinajstić information content (AvgIpc) is 2.72. The molecule has 2 amide bonds. The maximum absolute atomic E-state index is 12.2. The summed E-state index contributed by atoms with van der Waals surface area (Å²) in [6.45, 7) is 0.332. The number of nitrogens with zero attached hydrogens (tertiary/aromatic N) is 2. The first-order valence-corrected chi connectivity index (χ1v) is 5.85. The molecule has 1 aliphatic rings. The van der Waals surface area contributed by atoms with E-state index in [1.165, 1.54) is 0 Å². The fourth-order valence-corrected chi connectivity index (χ4v) is 2.11. The fourth-order valence-electron chi connectivity index (χ4n) is 2.11. The molecule has 0 radical (unpaired) electrons. The number of anilines is 1. The molecule has 94 valence electrons. The summed E-state index contributed by atoms with van der Waals surface area (Å²) in [4.78, 5) is 29.7. The number of hydrogen-bond donors (Lipinski definition) is 1. The molecule has 0 aliphatic carbocycles. The van der Waals surface area contributed by atoms with E-state index in [0.29, 0.717) is 23.5 Å². The molecular formula is C14H11N3O2. The molecule has 0 unspecified atom stereocenters. The second-order valence-corrected chi connectivity index (χ2v) is 4.22. The minimum absolute atomic E-state index is 0.314. The number of benzene rings is 1. The van der Waals surface area contributed by atoms with Gasteiger partial charge in [0.25, 0.3) is 11.8 Å². The molecule has 5 nitrogen and oxygen atoms in total. The van der Waals surface area contributed by atoms with Crippen LogP contribution in [0, 0.1) is 0 Å². The van der Waals surface area contributed by atoms with Crippen molar-refractivity contribution < 1.29 is 9.59 Å². The van der Waals surface area contributed by atoms with Crippen LogP contribution in [0.15, 0.2) is 42.6 Å². The van der Waals surface area contributed by atoms with Crippen LogP contribution in [0.25, 0.3) is 0 Å². The Kier molecular flexibility index (Phi) is 2.61. The van der Waals surface area contributed by atoms with Crippen LogP contribution in [0.1, 0.15) is 26.3 Å². The van der Waals surface area contributed by atoms with Gasteiger partial charge in [-0.05, 0) is 29.8 Å². The van der Waals surface area contributed by atoms with Crippen molar-refractivity contribution in [2.24, 2.45) is 5.73 Å². The van der Waals surface area contributed by atoms with Gasteiger partial charge in [-0.15, -0.1) is 0 Å². The summed E-state index contributed by atoms with van der Waals surface area (Å²) in [6.07, 6.45) is 1.54. The average molecular weight is 253 g/mol. The van der Waals surface area contributed by atoms with E-state index in [4.69, 9.17) is 5.73 Å². The molecule has 0 bridgehead atoms. The first-order chi connectivity index (χ1) is 9.22. The molecule has 3 rings (SSSR count). The van der Waals surface area contributed by atoms with E-state index in [2.05, 4.69) is 4.98 Å². The van der Waals surface area contributed by atoms with Crippen molar-refractivity contribution in [3.8, 4) is 0 Å².